The standard InChI is InChI=1S/C15H21NOS.C14H22O/c1-14(2,3)11-8-10(18-16-7)9-12(13(11)17)15(4,5)6;1-13(2,3)10-8-7-9-11(12(10)15)14(4,5)6/h8-9,17H,1-6H3;7-9,15H,1-6H3. The second kappa shape index (κ2) is 10.0. The van der Waals surface area contributed by atoms with Crippen LogP contribution in [0.3, 0.4) is 0 Å². The molecule has 2 aromatic carbocycles. The van der Waals surface area contributed by atoms with Gasteiger partial charge >= 0.3 is 0 Å². The molecule has 0 bridgehead atoms. The smallest absolute Gasteiger partial charge is 0.294 e. The number of para-hydroxylation sites is 1. The molecule has 0 atom stereocenters. The van der Waals surface area contributed by atoms with E-state index < -0.39 is 0 Å². The fraction of sp³-hybridized carbons (Fsp3) is 0.552. The molecule has 0 saturated heterocycles. The van der Waals surface area contributed by atoms with Crippen LogP contribution < -0.4 is 0 Å². The van der Waals surface area contributed by atoms with E-state index in [0.717, 1.165) is 39.1 Å². The molecule has 0 saturated carbocycles. The monoisotopic (exact) mass is 469 g/mol. The third-order valence-electron chi connectivity index (χ3n) is 5.50. The van der Waals surface area contributed by atoms with Gasteiger partial charge in [0.25, 0.3) is 11.9 Å². The van der Waals surface area contributed by atoms with Crippen molar-refractivity contribution < 1.29 is 10.2 Å². The van der Waals surface area contributed by atoms with Gasteiger partial charge in [0.15, 0.2) is 0 Å². The lowest BCUT2D eigenvalue weighted by Crippen LogP contribution is -2.17. The zero-order valence-electron chi connectivity index (χ0n) is 22.6. The second-order valence-corrected chi connectivity index (χ2v) is 13.6. The first-order valence-electron chi connectivity index (χ1n) is 11.5. The van der Waals surface area contributed by atoms with E-state index in [2.05, 4.69) is 87.3 Å². The molecule has 0 radical (unpaired) electrons. The van der Waals surface area contributed by atoms with Crippen molar-refractivity contribution in [1.29, 1.82) is 0 Å². The Hall–Kier alpha value is -2.12. The summed E-state index contributed by atoms with van der Waals surface area (Å²) in [4.78, 5) is 0.901. The van der Waals surface area contributed by atoms with Gasteiger partial charge in [-0.2, -0.15) is 0 Å². The summed E-state index contributed by atoms with van der Waals surface area (Å²) in [7, 11) is 0. The van der Waals surface area contributed by atoms with Crippen LogP contribution in [-0.4, -0.2) is 10.2 Å². The molecule has 0 unspecified atom stereocenters. The van der Waals surface area contributed by atoms with E-state index in [-0.39, 0.29) is 21.7 Å². The molecule has 0 fully saturated rings. The minimum absolute atomic E-state index is 0.00859. The van der Waals surface area contributed by atoms with Gasteiger partial charge in [-0.1, -0.05) is 101 Å². The zero-order valence-corrected chi connectivity index (χ0v) is 23.5. The van der Waals surface area contributed by atoms with Gasteiger partial charge in [0.2, 0.25) is 0 Å². The van der Waals surface area contributed by atoms with Crippen molar-refractivity contribution >= 4 is 11.9 Å². The lowest BCUT2D eigenvalue weighted by molar-refractivity contribution is 0.421. The van der Waals surface area contributed by atoms with E-state index in [9.17, 15) is 10.2 Å². The summed E-state index contributed by atoms with van der Waals surface area (Å²) < 4.78 is 3.37. The first-order chi connectivity index (χ1) is 14.7. The molecule has 33 heavy (non-hydrogen) atoms. The minimum Gasteiger partial charge on any atom is -0.507 e. The molecular weight excluding hydrogens is 426 g/mol. The van der Waals surface area contributed by atoms with Crippen molar-refractivity contribution in [3.05, 3.63) is 63.4 Å². The zero-order chi connectivity index (χ0) is 26.0. The topological polar surface area (TPSA) is 44.8 Å². The summed E-state index contributed by atoms with van der Waals surface area (Å²) in [6.45, 7) is 32.1. The van der Waals surface area contributed by atoms with Crippen LogP contribution in [0, 0.1) is 6.57 Å². The Balaban J connectivity index is 0.000000335. The number of phenolic OH excluding ortho intramolecular Hbond substituents is 2. The van der Waals surface area contributed by atoms with E-state index in [1.165, 1.54) is 0 Å². The highest BCUT2D eigenvalue weighted by molar-refractivity contribution is 8.01. The Labute approximate surface area is 206 Å². The molecule has 2 rings (SSSR count). The fourth-order valence-electron chi connectivity index (χ4n) is 3.61. The van der Waals surface area contributed by atoms with Crippen LogP contribution in [0.2, 0.25) is 0 Å². The Bertz CT molecular complexity index is 937. The Morgan fingerprint density at radius 1 is 0.606 bits per heavy atom. The molecule has 3 nitrogen and oxygen atoms in total. The Morgan fingerprint density at radius 2 is 0.909 bits per heavy atom. The first kappa shape index (κ1) is 28.9. The van der Waals surface area contributed by atoms with Gasteiger partial charge in [0.1, 0.15) is 11.5 Å². The van der Waals surface area contributed by atoms with Gasteiger partial charge in [0.05, 0.1) is 4.90 Å². The van der Waals surface area contributed by atoms with Crippen molar-refractivity contribution in [2.45, 2.75) is 110 Å². The largest absolute Gasteiger partial charge is 0.507 e. The van der Waals surface area contributed by atoms with Crippen LogP contribution in [-0.2, 0) is 21.7 Å². The van der Waals surface area contributed by atoms with Gasteiger partial charge < -0.3 is 10.2 Å². The number of benzene rings is 2. The predicted molar refractivity (Wildman–Crippen MR) is 143 cm³/mol. The number of aromatic hydroxyl groups is 2. The van der Waals surface area contributed by atoms with Crippen molar-refractivity contribution in [1.82, 2.24) is 0 Å². The molecule has 0 heterocycles. The van der Waals surface area contributed by atoms with Gasteiger partial charge in [-0.3, -0.25) is 0 Å². The van der Waals surface area contributed by atoms with Gasteiger partial charge in [-0.15, -0.1) is 0 Å². The summed E-state index contributed by atoms with van der Waals surface area (Å²) in [5.74, 6) is 0.821. The molecule has 182 valence electrons. The number of phenols is 2. The van der Waals surface area contributed by atoms with E-state index >= 15 is 0 Å². The maximum Gasteiger partial charge on any atom is 0.294 e. The van der Waals surface area contributed by atoms with Crippen LogP contribution in [0.15, 0.2) is 35.2 Å². The summed E-state index contributed by atoms with van der Waals surface area (Å²) in [6, 6.07) is 9.89. The van der Waals surface area contributed by atoms with Crippen molar-refractivity contribution in [2.75, 3.05) is 0 Å². The number of rotatable bonds is 1. The summed E-state index contributed by atoms with van der Waals surface area (Å²) in [5, 5.41) is 20.7. The molecule has 0 spiro atoms. The highest BCUT2D eigenvalue weighted by atomic mass is 32.2. The van der Waals surface area contributed by atoms with Crippen LogP contribution in [0.5, 0.6) is 11.5 Å². The maximum atomic E-state index is 10.5. The third-order valence-corrected chi connectivity index (χ3v) is 6.04. The van der Waals surface area contributed by atoms with E-state index in [4.69, 9.17) is 6.57 Å². The summed E-state index contributed by atoms with van der Waals surface area (Å²) in [5.41, 5.74) is 3.56. The van der Waals surface area contributed by atoms with Crippen LogP contribution in [0.25, 0.3) is 4.25 Å². The van der Waals surface area contributed by atoms with Gasteiger partial charge in [-0.25, -0.2) is 10.8 Å². The van der Waals surface area contributed by atoms with Crippen molar-refractivity contribution in [3.63, 3.8) is 0 Å². The van der Waals surface area contributed by atoms with E-state index in [1.54, 1.807) is 0 Å². The molecule has 2 aromatic rings. The molecule has 4 heteroatoms. The van der Waals surface area contributed by atoms with Crippen LogP contribution >= 0.6 is 11.9 Å². The first-order valence-corrected chi connectivity index (χ1v) is 12.2. The number of hydrogen-bond acceptors (Lipinski definition) is 3. The molecule has 0 aliphatic carbocycles. The average molecular weight is 470 g/mol. The fourth-order valence-corrected chi connectivity index (χ4v) is 4.06. The number of hydrogen-bond donors (Lipinski definition) is 2. The molecule has 0 aliphatic heterocycles. The molecule has 2 N–H and O–H groups in total. The third kappa shape index (κ3) is 7.71. The summed E-state index contributed by atoms with van der Waals surface area (Å²) in [6.07, 6.45) is 0. The van der Waals surface area contributed by atoms with Crippen LogP contribution in [0.4, 0.5) is 0 Å². The van der Waals surface area contributed by atoms with Crippen molar-refractivity contribution in [2.24, 2.45) is 0 Å². The van der Waals surface area contributed by atoms with E-state index in [0.29, 0.717) is 11.5 Å². The summed E-state index contributed by atoms with van der Waals surface area (Å²) >= 11 is 1.13. The Morgan fingerprint density at radius 3 is 1.18 bits per heavy atom. The SMILES string of the molecule is CC(C)(C)c1cccc(C(C)(C)C)c1O.[C-]#[N+]Sc1cc(C(C)(C)C)c(O)c(C(C)(C)C)c1. The number of nitrogens with zero attached hydrogens (tertiary/aromatic N) is 1. The Kier molecular flexibility index (Phi) is 8.78. The predicted octanol–water partition coefficient (Wildman–Crippen LogP) is 8.90. The molecular formula is C29H43NO2S. The maximum absolute atomic E-state index is 10.5. The average Bonchev–Trinajstić information content (AvgIpc) is 2.60. The highest BCUT2D eigenvalue weighted by Crippen LogP contribution is 2.42. The van der Waals surface area contributed by atoms with Gasteiger partial charge in [-0.05, 0) is 44.9 Å². The molecule has 0 amide bonds. The van der Waals surface area contributed by atoms with E-state index in [1.807, 2.05) is 30.3 Å². The molecule has 0 aliphatic rings. The molecule has 0 aromatic heterocycles. The van der Waals surface area contributed by atoms with Crippen molar-refractivity contribution in [3.8, 4) is 11.5 Å². The normalized spacial score (nSPS) is 12.6. The second-order valence-electron chi connectivity index (χ2n) is 12.8. The quantitative estimate of drug-likeness (QED) is 0.324. The lowest BCUT2D eigenvalue weighted by atomic mass is 9.79. The highest BCUT2D eigenvalue weighted by Gasteiger charge is 2.27. The van der Waals surface area contributed by atoms with Crippen LogP contribution in [0.1, 0.15) is 105 Å². The minimum atomic E-state index is -0.136. The van der Waals surface area contributed by atoms with Gasteiger partial charge in [0, 0.05) is 11.1 Å². The lowest BCUT2D eigenvalue weighted by Gasteiger charge is -2.27.